The molecule has 0 unspecified atom stereocenters. The number of carboxylic acid groups (broad SMARTS) is 1. The highest BCUT2D eigenvalue weighted by atomic mass is 16.5. The Morgan fingerprint density at radius 2 is 2.00 bits per heavy atom. The van der Waals surface area contributed by atoms with Gasteiger partial charge in [-0.25, -0.2) is 0 Å². The minimum absolute atomic E-state index is 0.189. The van der Waals surface area contributed by atoms with Gasteiger partial charge in [0.2, 0.25) is 5.91 Å². The van der Waals surface area contributed by atoms with Gasteiger partial charge in [0.25, 0.3) is 6.47 Å². The number of piperidine rings is 1. The van der Waals surface area contributed by atoms with E-state index in [4.69, 9.17) is 14.4 Å². The maximum Gasteiger partial charge on any atom is 0.290 e. The highest BCUT2D eigenvalue weighted by Gasteiger charge is 2.41. The van der Waals surface area contributed by atoms with Crippen molar-refractivity contribution < 1.29 is 19.2 Å². The van der Waals surface area contributed by atoms with Gasteiger partial charge in [-0.15, -0.1) is 0 Å². The fourth-order valence-electron chi connectivity index (χ4n) is 4.63. The molecule has 0 spiro atoms. The van der Waals surface area contributed by atoms with E-state index in [2.05, 4.69) is 16.1 Å². The second-order valence-corrected chi connectivity index (χ2v) is 7.77. The van der Waals surface area contributed by atoms with Crippen LogP contribution in [-0.2, 0) is 16.1 Å². The lowest BCUT2D eigenvalue weighted by atomic mass is 9.87. The molecule has 3 fully saturated rings. The summed E-state index contributed by atoms with van der Waals surface area (Å²) in [6.07, 6.45) is 7.63. The molecule has 26 heavy (non-hydrogen) atoms. The molecule has 2 aliphatic heterocycles. The third-order valence-corrected chi connectivity index (χ3v) is 6.03. The quantitative estimate of drug-likeness (QED) is 0.830. The second kappa shape index (κ2) is 8.66. The highest BCUT2D eigenvalue weighted by Crippen LogP contribution is 2.34. The zero-order chi connectivity index (χ0) is 18.5. The summed E-state index contributed by atoms with van der Waals surface area (Å²) >= 11 is 0. The summed E-state index contributed by atoms with van der Waals surface area (Å²) in [5.74, 6) is 2.60. The number of hydrogen-bond donors (Lipinski definition) is 1. The van der Waals surface area contributed by atoms with Crippen LogP contribution >= 0.6 is 0 Å². The van der Waals surface area contributed by atoms with Crippen LogP contribution in [0, 0.1) is 11.8 Å². The number of carbonyl (C=O) groups excluding carboxylic acids is 1. The molecule has 1 N–H and O–H groups in total. The molecule has 3 heterocycles. The van der Waals surface area contributed by atoms with E-state index < -0.39 is 0 Å². The summed E-state index contributed by atoms with van der Waals surface area (Å²) in [4.78, 5) is 24.9. The molecule has 0 bridgehead atoms. The minimum atomic E-state index is -0.250. The maximum atomic E-state index is 12.3. The van der Waals surface area contributed by atoms with E-state index >= 15 is 0 Å². The van der Waals surface area contributed by atoms with Gasteiger partial charge in [0.1, 0.15) is 0 Å². The van der Waals surface area contributed by atoms with Crippen molar-refractivity contribution in [3.63, 3.8) is 0 Å². The first-order chi connectivity index (χ1) is 12.6. The van der Waals surface area contributed by atoms with E-state index in [1.807, 2.05) is 11.9 Å². The van der Waals surface area contributed by atoms with E-state index in [0.29, 0.717) is 17.7 Å². The number of fused-ring (bicyclic) bond motifs is 1. The van der Waals surface area contributed by atoms with Crippen molar-refractivity contribution in [2.24, 2.45) is 11.8 Å². The minimum Gasteiger partial charge on any atom is -0.483 e. The average molecular weight is 363 g/mol. The Morgan fingerprint density at radius 3 is 2.73 bits per heavy atom. The maximum absolute atomic E-state index is 12.3. The van der Waals surface area contributed by atoms with E-state index in [1.54, 1.807) is 0 Å². The fourth-order valence-corrected chi connectivity index (χ4v) is 4.63. The number of rotatable bonds is 3. The van der Waals surface area contributed by atoms with E-state index in [1.165, 1.54) is 32.1 Å². The van der Waals surface area contributed by atoms with Gasteiger partial charge in [0.05, 0.1) is 18.2 Å². The van der Waals surface area contributed by atoms with Gasteiger partial charge in [-0.1, -0.05) is 24.4 Å². The summed E-state index contributed by atoms with van der Waals surface area (Å²) in [5.41, 5.74) is 1.15. The van der Waals surface area contributed by atoms with Crippen LogP contribution in [0.25, 0.3) is 0 Å². The number of likely N-dealkylation sites (tertiary alicyclic amines) is 2. The van der Waals surface area contributed by atoms with Crippen molar-refractivity contribution >= 4 is 12.4 Å². The molecule has 0 aromatic carbocycles. The molecule has 7 nitrogen and oxygen atoms in total. The number of hydrogen-bond acceptors (Lipinski definition) is 5. The van der Waals surface area contributed by atoms with E-state index in [-0.39, 0.29) is 12.4 Å². The molecule has 2 atom stereocenters. The number of nitrogens with zero attached hydrogens (tertiary/aromatic N) is 3. The average Bonchev–Trinajstić information content (AvgIpc) is 3.27. The molecular formula is C19H29N3O4. The lowest BCUT2D eigenvalue weighted by Gasteiger charge is -2.30. The topological polar surface area (TPSA) is 86.9 Å². The summed E-state index contributed by atoms with van der Waals surface area (Å²) in [5, 5.41) is 11.2. The van der Waals surface area contributed by atoms with Crippen LogP contribution in [0.2, 0.25) is 0 Å². The van der Waals surface area contributed by atoms with Crippen molar-refractivity contribution in [1.82, 2.24) is 15.0 Å². The summed E-state index contributed by atoms with van der Waals surface area (Å²) in [6, 6.07) is 2.16. The SMILES string of the molecule is CN1CC[C@@H]2CN(Cc3cc(C4CCCCC4)no3)C[C@@H]2C1=O.O=CO. The molecule has 1 amide bonds. The molecule has 4 rings (SSSR count). The van der Waals surface area contributed by atoms with Crippen LogP contribution < -0.4 is 0 Å². The Labute approximate surface area is 154 Å². The molecule has 2 saturated heterocycles. The molecule has 1 saturated carbocycles. The zero-order valence-electron chi connectivity index (χ0n) is 15.5. The van der Waals surface area contributed by atoms with Gasteiger partial charge in [-0.05, 0) is 25.2 Å². The molecule has 7 heteroatoms. The Kier molecular flexibility index (Phi) is 6.29. The van der Waals surface area contributed by atoms with Gasteiger partial charge in [0, 0.05) is 38.7 Å². The van der Waals surface area contributed by atoms with Gasteiger partial charge in [-0.3, -0.25) is 14.5 Å². The van der Waals surface area contributed by atoms with E-state index in [9.17, 15) is 4.79 Å². The summed E-state index contributed by atoms with van der Waals surface area (Å²) in [6.45, 7) is 3.34. The standard InChI is InChI=1S/C18H27N3O2.CH2O2/c1-20-8-7-14-10-21(12-16(14)18(20)22)11-15-9-17(19-23-15)13-5-3-2-4-6-13;2-1-3/h9,13-14,16H,2-8,10-12H2,1H3;1H,(H,2,3)/t14-,16+;/m1./s1. The van der Waals surface area contributed by atoms with Crippen molar-refractivity contribution in [3.8, 4) is 0 Å². The summed E-state index contributed by atoms with van der Waals surface area (Å²) in [7, 11) is 1.92. The largest absolute Gasteiger partial charge is 0.483 e. The normalized spacial score (nSPS) is 27.0. The Morgan fingerprint density at radius 1 is 1.27 bits per heavy atom. The first-order valence-electron chi connectivity index (χ1n) is 9.63. The van der Waals surface area contributed by atoms with Gasteiger partial charge in [-0.2, -0.15) is 0 Å². The molecule has 144 valence electrons. The molecular weight excluding hydrogens is 334 g/mol. The predicted molar refractivity (Wildman–Crippen MR) is 95.5 cm³/mol. The fraction of sp³-hybridized carbons (Fsp3) is 0.737. The monoisotopic (exact) mass is 363 g/mol. The first-order valence-corrected chi connectivity index (χ1v) is 9.63. The lowest BCUT2D eigenvalue weighted by Crippen LogP contribution is -2.42. The Bertz CT molecular complexity index is 612. The molecule has 1 aliphatic carbocycles. The van der Waals surface area contributed by atoms with Crippen molar-refractivity contribution in [2.75, 3.05) is 26.7 Å². The van der Waals surface area contributed by atoms with E-state index in [0.717, 1.165) is 44.1 Å². The van der Waals surface area contributed by atoms with Crippen LogP contribution in [0.15, 0.2) is 10.6 Å². The van der Waals surface area contributed by atoms with Crippen LogP contribution in [0.5, 0.6) is 0 Å². The van der Waals surface area contributed by atoms with Gasteiger partial charge in [0.15, 0.2) is 5.76 Å². The van der Waals surface area contributed by atoms with Gasteiger partial charge >= 0.3 is 0 Å². The lowest BCUT2D eigenvalue weighted by molar-refractivity contribution is -0.137. The number of carbonyl (C=O) groups is 2. The van der Waals surface area contributed by atoms with Crippen LogP contribution in [0.4, 0.5) is 0 Å². The second-order valence-electron chi connectivity index (χ2n) is 7.77. The first kappa shape index (κ1) is 18.9. The van der Waals surface area contributed by atoms with Crippen LogP contribution in [0.1, 0.15) is 55.9 Å². The van der Waals surface area contributed by atoms with Crippen molar-refractivity contribution in [3.05, 3.63) is 17.5 Å². The number of aromatic nitrogens is 1. The van der Waals surface area contributed by atoms with Crippen LogP contribution in [0.3, 0.4) is 0 Å². The Hall–Kier alpha value is -1.89. The molecule has 0 radical (unpaired) electrons. The van der Waals surface area contributed by atoms with Crippen LogP contribution in [-0.4, -0.2) is 59.1 Å². The number of amides is 1. The van der Waals surface area contributed by atoms with Crippen molar-refractivity contribution in [2.45, 2.75) is 51.0 Å². The predicted octanol–water partition coefficient (Wildman–Crippen LogP) is 2.33. The third-order valence-electron chi connectivity index (χ3n) is 6.03. The molecule has 1 aromatic heterocycles. The Balaban J connectivity index is 0.000000613. The third kappa shape index (κ3) is 4.26. The summed E-state index contributed by atoms with van der Waals surface area (Å²) < 4.78 is 5.59. The smallest absolute Gasteiger partial charge is 0.290 e. The zero-order valence-corrected chi connectivity index (χ0v) is 15.5. The highest BCUT2D eigenvalue weighted by molar-refractivity contribution is 5.80. The van der Waals surface area contributed by atoms with Gasteiger partial charge < -0.3 is 14.5 Å². The molecule has 1 aromatic rings. The molecule has 3 aliphatic rings. The van der Waals surface area contributed by atoms with Crippen molar-refractivity contribution in [1.29, 1.82) is 0 Å².